The van der Waals surface area contributed by atoms with Gasteiger partial charge in [-0.1, -0.05) is 0 Å². The predicted octanol–water partition coefficient (Wildman–Crippen LogP) is 1.61. The van der Waals surface area contributed by atoms with Crippen LogP contribution in [0.2, 0.25) is 0 Å². The van der Waals surface area contributed by atoms with Crippen LogP contribution in [0.4, 0.5) is 26.3 Å². The van der Waals surface area contributed by atoms with Crippen LogP contribution in [0, 0.1) is 0 Å². The molecule has 88 valence electrons. The highest BCUT2D eigenvalue weighted by molar-refractivity contribution is 7.81. The molecule has 1 rings (SSSR count). The Morgan fingerprint density at radius 2 is 1.13 bits per heavy atom. The van der Waals surface area contributed by atoms with E-state index in [9.17, 15) is 34.8 Å². The van der Waals surface area contributed by atoms with Crippen molar-refractivity contribution in [1.82, 2.24) is 0 Å². The largest absolute Gasteiger partial charge is 0.427 e. The summed E-state index contributed by atoms with van der Waals surface area (Å²) in [5, 5.41) is 0. The highest BCUT2D eigenvalue weighted by Crippen LogP contribution is 2.42. The number of halogens is 6. The predicted molar refractivity (Wildman–Crippen MR) is 30.2 cm³/mol. The van der Waals surface area contributed by atoms with Crippen LogP contribution in [0.15, 0.2) is 11.7 Å². The minimum absolute atomic E-state index is 2.57. The molecule has 0 atom stereocenters. The van der Waals surface area contributed by atoms with Gasteiger partial charge < -0.3 is 0 Å². The van der Waals surface area contributed by atoms with E-state index in [-0.39, 0.29) is 0 Å². The second kappa shape index (κ2) is 3.09. The third kappa shape index (κ3) is 2.23. The molecule has 0 spiro atoms. The molecule has 0 aliphatic carbocycles. The molecule has 0 radical (unpaired) electrons. The molecule has 1 aliphatic heterocycles. The highest BCUT2D eigenvalue weighted by Gasteiger charge is 2.58. The van der Waals surface area contributed by atoms with Gasteiger partial charge in [0.05, 0.1) is 0 Å². The second-order valence-electron chi connectivity index (χ2n) is 2.24. The van der Waals surface area contributed by atoms with Crippen LogP contribution in [0.1, 0.15) is 0 Å². The van der Waals surface area contributed by atoms with Crippen LogP contribution in [-0.2, 0) is 18.8 Å². The first-order valence-electron chi connectivity index (χ1n) is 2.96. The maximum Gasteiger partial charge on any atom is 0.427 e. The minimum atomic E-state index is -5.92. The van der Waals surface area contributed by atoms with E-state index < -0.39 is 34.3 Å². The summed E-state index contributed by atoms with van der Waals surface area (Å²) in [4.78, 5) is 0. The molecular weight excluding hydrogens is 258 g/mol. The summed E-state index contributed by atoms with van der Waals surface area (Å²) in [6.45, 7) is 0. The first-order chi connectivity index (χ1) is 6.48. The van der Waals surface area contributed by atoms with Gasteiger partial charge in [0.2, 0.25) is 11.7 Å². The van der Waals surface area contributed by atoms with Gasteiger partial charge in [-0.15, -0.1) is 0 Å². The average Bonchev–Trinajstić information content (AvgIpc) is 1.98. The second-order valence-corrected chi connectivity index (χ2v) is 3.39. The number of hydrogen-bond acceptors (Lipinski definition) is 4. The fraction of sp³-hybridized carbons (Fsp3) is 0.500. The quantitative estimate of drug-likeness (QED) is 0.619. The zero-order valence-corrected chi connectivity index (χ0v) is 7.13. The molecule has 0 aromatic carbocycles. The van der Waals surface area contributed by atoms with Crippen molar-refractivity contribution in [1.29, 1.82) is 0 Å². The molecule has 4 nitrogen and oxygen atoms in total. The molecule has 15 heavy (non-hydrogen) atoms. The fourth-order valence-electron chi connectivity index (χ4n) is 0.602. The topological polar surface area (TPSA) is 52.6 Å². The number of alkyl halides is 4. The molecule has 0 unspecified atom stereocenters. The average molecular weight is 258 g/mol. The Labute approximate surface area is 78.4 Å². The van der Waals surface area contributed by atoms with Gasteiger partial charge in [0, 0.05) is 0 Å². The van der Waals surface area contributed by atoms with E-state index in [0.29, 0.717) is 0 Å². The maximum atomic E-state index is 12.3. The van der Waals surface area contributed by atoms with E-state index in [1.54, 1.807) is 0 Å². The summed E-state index contributed by atoms with van der Waals surface area (Å²) in [7, 11) is -5.92. The summed E-state index contributed by atoms with van der Waals surface area (Å²) in [6.07, 6.45) is -10.7. The SMILES string of the molecule is O=S1(=O)OC(F)(F)C(F)=C(F)C(F)(F)O1. The molecule has 0 amide bonds. The first kappa shape index (κ1) is 12.3. The smallest absolute Gasteiger partial charge is 0.199 e. The Bertz CT molecular complexity index is 379. The van der Waals surface area contributed by atoms with Crippen molar-refractivity contribution in [3.05, 3.63) is 11.7 Å². The lowest BCUT2D eigenvalue weighted by molar-refractivity contribution is -0.167. The zero-order chi connectivity index (χ0) is 12.1. The minimum Gasteiger partial charge on any atom is -0.199 e. The summed E-state index contributed by atoms with van der Waals surface area (Å²) in [6, 6.07) is 0. The van der Waals surface area contributed by atoms with Crippen LogP contribution in [-0.4, -0.2) is 20.6 Å². The lowest BCUT2D eigenvalue weighted by Crippen LogP contribution is -2.26. The molecule has 0 bridgehead atoms. The van der Waals surface area contributed by atoms with Crippen LogP contribution in [0.25, 0.3) is 0 Å². The van der Waals surface area contributed by atoms with Crippen molar-refractivity contribution in [2.75, 3.05) is 0 Å². The number of rotatable bonds is 0. The van der Waals surface area contributed by atoms with Gasteiger partial charge in [0.15, 0.2) is 0 Å². The molecule has 11 heteroatoms. The van der Waals surface area contributed by atoms with Gasteiger partial charge in [-0.25, -0.2) is 0 Å². The zero-order valence-electron chi connectivity index (χ0n) is 6.31. The number of hydrogen-bond donors (Lipinski definition) is 0. The Balaban J connectivity index is 3.40. The molecule has 1 heterocycles. The maximum absolute atomic E-state index is 12.3. The molecule has 0 aromatic heterocycles. The van der Waals surface area contributed by atoms with Crippen molar-refractivity contribution in [3.8, 4) is 0 Å². The highest BCUT2D eigenvalue weighted by atomic mass is 32.3. The van der Waals surface area contributed by atoms with Gasteiger partial charge >= 0.3 is 22.6 Å². The fourth-order valence-corrected chi connectivity index (χ4v) is 1.30. The van der Waals surface area contributed by atoms with Gasteiger partial charge in [-0.2, -0.15) is 43.1 Å². The van der Waals surface area contributed by atoms with E-state index >= 15 is 0 Å². The van der Waals surface area contributed by atoms with Crippen molar-refractivity contribution in [3.63, 3.8) is 0 Å². The summed E-state index contributed by atoms with van der Waals surface area (Å²) in [5.41, 5.74) is 0. The normalized spacial score (nSPS) is 28.7. The summed E-state index contributed by atoms with van der Waals surface area (Å²) < 4.78 is 99.2. The van der Waals surface area contributed by atoms with Gasteiger partial charge in [0.25, 0.3) is 0 Å². The molecule has 0 saturated carbocycles. The van der Waals surface area contributed by atoms with Crippen molar-refractivity contribution in [2.24, 2.45) is 0 Å². The van der Waals surface area contributed by atoms with E-state index in [1.807, 2.05) is 0 Å². The van der Waals surface area contributed by atoms with Crippen molar-refractivity contribution < 1.29 is 43.1 Å². The summed E-state index contributed by atoms with van der Waals surface area (Å²) in [5.74, 6) is -6.73. The molecular formula is C4F6O4S. The van der Waals surface area contributed by atoms with Crippen molar-refractivity contribution >= 4 is 10.4 Å². The van der Waals surface area contributed by atoms with E-state index in [2.05, 4.69) is 8.37 Å². The van der Waals surface area contributed by atoms with Crippen LogP contribution in [0.3, 0.4) is 0 Å². The lowest BCUT2D eigenvalue weighted by Gasteiger charge is -2.09. The van der Waals surface area contributed by atoms with Crippen molar-refractivity contribution in [2.45, 2.75) is 12.2 Å². The third-order valence-electron chi connectivity index (χ3n) is 1.12. The molecule has 0 saturated heterocycles. The summed E-state index contributed by atoms with van der Waals surface area (Å²) >= 11 is 0. The van der Waals surface area contributed by atoms with E-state index in [1.165, 1.54) is 0 Å². The molecule has 0 aromatic rings. The van der Waals surface area contributed by atoms with Crippen LogP contribution >= 0.6 is 0 Å². The van der Waals surface area contributed by atoms with Gasteiger partial charge in [-0.05, 0) is 0 Å². The molecule has 1 aliphatic rings. The van der Waals surface area contributed by atoms with Gasteiger partial charge in [0.1, 0.15) is 0 Å². The molecule has 0 fully saturated rings. The molecule has 0 N–H and O–H groups in total. The standard InChI is InChI=1S/C4F6O4S/c5-1-2(6)4(9,10)14-15(11,12)13-3(1,7)8. The monoisotopic (exact) mass is 258 g/mol. The Morgan fingerprint density at radius 1 is 0.867 bits per heavy atom. The lowest BCUT2D eigenvalue weighted by atomic mass is 10.4. The Hall–Kier alpha value is -0.810. The Kier molecular flexibility index (Phi) is 2.52. The van der Waals surface area contributed by atoms with E-state index in [0.717, 1.165) is 0 Å². The first-order valence-corrected chi connectivity index (χ1v) is 4.29. The Morgan fingerprint density at radius 3 is 1.40 bits per heavy atom. The van der Waals surface area contributed by atoms with Crippen LogP contribution < -0.4 is 0 Å². The third-order valence-corrected chi connectivity index (χ3v) is 1.94. The van der Waals surface area contributed by atoms with Crippen LogP contribution in [0.5, 0.6) is 0 Å². The van der Waals surface area contributed by atoms with Gasteiger partial charge in [-0.3, -0.25) is 0 Å². The van der Waals surface area contributed by atoms with E-state index in [4.69, 9.17) is 0 Å².